The molecule has 0 aliphatic heterocycles. The fourth-order valence-corrected chi connectivity index (χ4v) is 3.70. The van der Waals surface area contributed by atoms with Crippen LogP contribution in [0.15, 0.2) is 53.4 Å². The number of allylic oxidation sites excluding steroid dienone is 2. The lowest BCUT2D eigenvalue weighted by molar-refractivity contribution is 0.177. The number of pyridine rings is 1. The van der Waals surface area contributed by atoms with E-state index in [0.29, 0.717) is 32.6 Å². The monoisotopic (exact) mass is 507 g/mol. The zero-order valence-electron chi connectivity index (χ0n) is 17.5. The summed E-state index contributed by atoms with van der Waals surface area (Å²) in [6, 6.07) is 5.58. The summed E-state index contributed by atoms with van der Waals surface area (Å²) in [6.45, 7) is 2.21. The SMILES string of the molecule is C[C@@H](Oc1ccc2[nH]nc(/C=C/C(C=NCCOC(=O)Cl)=CN)c2c1)c1c(Cl)cncc1Cl. The van der Waals surface area contributed by atoms with Crippen molar-refractivity contribution in [3.05, 3.63) is 69.7 Å². The Morgan fingerprint density at radius 1 is 1.30 bits per heavy atom. The summed E-state index contributed by atoms with van der Waals surface area (Å²) in [5.74, 6) is 0.625. The van der Waals surface area contributed by atoms with E-state index in [-0.39, 0.29) is 13.2 Å². The molecule has 172 valence electrons. The van der Waals surface area contributed by atoms with Gasteiger partial charge in [0.1, 0.15) is 18.5 Å². The molecule has 0 unspecified atom stereocenters. The van der Waals surface area contributed by atoms with E-state index in [4.69, 9.17) is 45.3 Å². The van der Waals surface area contributed by atoms with Crippen molar-refractivity contribution in [3.8, 4) is 5.75 Å². The molecule has 3 rings (SSSR count). The predicted molar refractivity (Wildman–Crippen MR) is 131 cm³/mol. The van der Waals surface area contributed by atoms with Crippen LogP contribution < -0.4 is 10.5 Å². The molecule has 0 saturated heterocycles. The molecule has 0 radical (unpaired) electrons. The van der Waals surface area contributed by atoms with E-state index in [1.807, 2.05) is 25.1 Å². The average molecular weight is 509 g/mol. The van der Waals surface area contributed by atoms with Crippen molar-refractivity contribution in [1.29, 1.82) is 0 Å². The molecule has 2 heterocycles. The quantitative estimate of drug-likeness (QED) is 0.166. The number of H-pyrrole nitrogens is 1. The number of hydrogen-bond donors (Lipinski definition) is 2. The molecule has 0 aliphatic rings. The number of benzene rings is 1. The number of nitrogens with zero attached hydrogens (tertiary/aromatic N) is 3. The average Bonchev–Trinajstić information content (AvgIpc) is 3.17. The Balaban J connectivity index is 1.74. The minimum absolute atomic E-state index is 0.0848. The van der Waals surface area contributed by atoms with E-state index in [1.54, 1.807) is 18.4 Å². The lowest BCUT2D eigenvalue weighted by Gasteiger charge is -2.17. The van der Waals surface area contributed by atoms with Crippen molar-refractivity contribution in [2.75, 3.05) is 13.2 Å². The normalized spacial score (nSPS) is 13.2. The Morgan fingerprint density at radius 3 is 2.76 bits per heavy atom. The third-order valence-electron chi connectivity index (χ3n) is 4.48. The van der Waals surface area contributed by atoms with Gasteiger partial charge >= 0.3 is 5.43 Å². The first kappa shape index (κ1) is 24.6. The molecule has 1 atom stereocenters. The number of nitrogens with one attached hydrogen (secondary N) is 1. The summed E-state index contributed by atoms with van der Waals surface area (Å²) in [4.78, 5) is 18.6. The lowest BCUT2D eigenvalue weighted by atomic mass is 10.1. The van der Waals surface area contributed by atoms with Crippen LogP contribution >= 0.6 is 34.8 Å². The third kappa shape index (κ3) is 6.71. The number of aromatic nitrogens is 3. The summed E-state index contributed by atoms with van der Waals surface area (Å²) >= 11 is 17.6. The first-order valence-corrected chi connectivity index (χ1v) is 10.9. The number of ether oxygens (including phenoxy) is 2. The maximum absolute atomic E-state index is 10.5. The molecule has 11 heteroatoms. The number of hydrogen-bond acceptors (Lipinski definition) is 7. The smallest absolute Gasteiger partial charge is 0.403 e. The zero-order valence-corrected chi connectivity index (χ0v) is 19.7. The van der Waals surface area contributed by atoms with Crippen molar-refractivity contribution in [2.45, 2.75) is 13.0 Å². The molecule has 0 amide bonds. The van der Waals surface area contributed by atoms with Crippen LogP contribution in [0.3, 0.4) is 0 Å². The number of fused-ring (bicyclic) bond motifs is 1. The second-order valence-electron chi connectivity index (χ2n) is 6.71. The molecule has 3 aromatic rings. The van der Waals surface area contributed by atoms with Crippen molar-refractivity contribution in [3.63, 3.8) is 0 Å². The third-order valence-corrected chi connectivity index (χ3v) is 5.19. The molecule has 0 spiro atoms. The molecule has 0 bridgehead atoms. The van der Waals surface area contributed by atoms with E-state index >= 15 is 0 Å². The molecular weight excluding hydrogens is 489 g/mol. The van der Waals surface area contributed by atoms with E-state index < -0.39 is 11.5 Å². The molecule has 0 saturated carbocycles. The van der Waals surface area contributed by atoms with Crippen LogP contribution in [0.5, 0.6) is 5.75 Å². The summed E-state index contributed by atoms with van der Waals surface area (Å²) < 4.78 is 10.7. The van der Waals surface area contributed by atoms with Crippen LogP contribution in [0.2, 0.25) is 10.0 Å². The highest BCUT2D eigenvalue weighted by Gasteiger charge is 2.16. The summed E-state index contributed by atoms with van der Waals surface area (Å²) in [5.41, 5.74) is 7.63. The van der Waals surface area contributed by atoms with Gasteiger partial charge in [0.05, 0.1) is 27.8 Å². The minimum atomic E-state index is -0.866. The van der Waals surface area contributed by atoms with E-state index in [0.717, 1.165) is 10.9 Å². The maximum atomic E-state index is 10.5. The van der Waals surface area contributed by atoms with Gasteiger partial charge in [-0.3, -0.25) is 15.1 Å². The van der Waals surface area contributed by atoms with Gasteiger partial charge in [-0.25, -0.2) is 4.79 Å². The fraction of sp³-hybridized carbons (Fsp3) is 0.182. The van der Waals surface area contributed by atoms with Gasteiger partial charge in [0.2, 0.25) is 0 Å². The zero-order chi connectivity index (χ0) is 23.8. The Labute approximate surface area is 205 Å². The number of aromatic amines is 1. The Hall–Kier alpha value is -3.07. The standard InChI is InChI=1S/C22H20Cl3N5O3/c1-13(21-17(23)11-28-12-18(21)24)33-15-3-5-20-16(8-15)19(29-30-20)4-2-14(9-26)10-27-6-7-32-22(25)31/h2-5,8-13H,6-7,26H2,1H3,(H,29,30)/b4-2+,14-9?,27-10?/t13-/m1/s1. The summed E-state index contributed by atoms with van der Waals surface area (Å²) in [7, 11) is 0. The first-order chi connectivity index (χ1) is 15.9. The number of carbonyl (C=O) groups is 1. The van der Waals surface area contributed by atoms with Crippen molar-refractivity contribution < 1.29 is 14.3 Å². The van der Waals surface area contributed by atoms with E-state index in [2.05, 4.69) is 24.9 Å². The molecule has 3 N–H and O–H groups in total. The minimum Gasteiger partial charge on any atom is -0.486 e. The van der Waals surface area contributed by atoms with Crippen molar-refractivity contribution in [2.24, 2.45) is 10.7 Å². The van der Waals surface area contributed by atoms with Gasteiger partial charge < -0.3 is 15.2 Å². The van der Waals surface area contributed by atoms with Gasteiger partial charge in [-0.15, -0.1) is 0 Å². The molecule has 2 aromatic heterocycles. The predicted octanol–water partition coefficient (Wildman–Crippen LogP) is 5.71. The molecule has 1 aromatic carbocycles. The van der Waals surface area contributed by atoms with Gasteiger partial charge in [0.25, 0.3) is 0 Å². The number of nitrogens with two attached hydrogens (primary N) is 1. The highest BCUT2D eigenvalue weighted by atomic mass is 35.5. The van der Waals surface area contributed by atoms with Crippen LogP contribution in [0, 0.1) is 0 Å². The second-order valence-corrected chi connectivity index (χ2v) is 7.84. The number of rotatable bonds is 9. The largest absolute Gasteiger partial charge is 0.486 e. The van der Waals surface area contributed by atoms with Gasteiger partial charge in [0, 0.05) is 52.9 Å². The Morgan fingerprint density at radius 2 is 2.06 bits per heavy atom. The summed E-state index contributed by atoms with van der Waals surface area (Å²) in [5, 5.41) is 9.04. The molecular formula is C22H20Cl3N5O3. The molecule has 0 fully saturated rings. The highest BCUT2D eigenvalue weighted by molar-refractivity contribution is 6.61. The number of carbonyl (C=O) groups excluding carboxylic acids is 1. The fourth-order valence-electron chi connectivity index (χ4n) is 2.95. The van der Waals surface area contributed by atoms with Crippen molar-refractivity contribution in [1.82, 2.24) is 15.2 Å². The van der Waals surface area contributed by atoms with Crippen LogP contribution in [-0.2, 0) is 4.74 Å². The Kier molecular flexibility index (Phi) is 8.71. The highest BCUT2D eigenvalue weighted by Crippen LogP contribution is 2.33. The van der Waals surface area contributed by atoms with Crippen LogP contribution in [0.4, 0.5) is 4.79 Å². The molecule has 0 aliphatic carbocycles. The summed E-state index contributed by atoms with van der Waals surface area (Å²) in [6.07, 6.45) is 9.19. The van der Waals surface area contributed by atoms with E-state index in [9.17, 15) is 4.79 Å². The second kappa shape index (κ2) is 11.7. The first-order valence-electron chi connectivity index (χ1n) is 9.74. The van der Waals surface area contributed by atoms with Crippen LogP contribution in [0.25, 0.3) is 17.0 Å². The Bertz CT molecular complexity index is 1200. The molecule has 8 nitrogen and oxygen atoms in total. The topological polar surface area (TPSA) is 115 Å². The lowest BCUT2D eigenvalue weighted by Crippen LogP contribution is -2.05. The maximum Gasteiger partial charge on any atom is 0.403 e. The number of halogens is 3. The van der Waals surface area contributed by atoms with Crippen molar-refractivity contribution >= 4 is 63.4 Å². The van der Waals surface area contributed by atoms with Gasteiger partial charge in [-0.05, 0) is 37.3 Å². The number of aliphatic imine (C=N–C) groups is 1. The van der Waals surface area contributed by atoms with Crippen LogP contribution in [0.1, 0.15) is 24.3 Å². The molecule has 33 heavy (non-hydrogen) atoms. The van der Waals surface area contributed by atoms with E-state index in [1.165, 1.54) is 18.6 Å². The van der Waals surface area contributed by atoms with Crippen LogP contribution in [-0.4, -0.2) is 40.0 Å². The van der Waals surface area contributed by atoms with Gasteiger partial charge in [-0.2, -0.15) is 5.10 Å². The van der Waals surface area contributed by atoms with Gasteiger partial charge in [-0.1, -0.05) is 23.2 Å². The van der Waals surface area contributed by atoms with Gasteiger partial charge in [0.15, 0.2) is 0 Å².